The summed E-state index contributed by atoms with van der Waals surface area (Å²) in [5.74, 6) is 0.787. The molecule has 140 valence electrons. The van der Waals surface area contributed by atoms with Gasteiger partial charge in [-0.05, 0) is 97.6 Å². The van der Waals surface area contributed by atoms with Crippen LogP contribution in [0.2, 0.25) is 0 Å². The Morgan fingerprint density at radius 2 is 1.96 bits per heavy atom. The van der Waals surface area contributed by atoms with Gasteiger partial charge >= 0.3 is 0 Å². The van der Waals surface area contributed by atoms with Gasteiger partial charge in [0, 0.05) is 12.6 Å². The molecule has 24 heavy (non-hydrogen) atoms. The minimum atomic E-state index is -0.490. The molecule has 4 nitrogen and oxygen atoms in total. The quantitative estimate of drug-likeness (QED) is 0.757. The molecular formula is C20H39N3O. The van der Waals surface area contributed by atoms with Crippen LogP contribution in [0.3, 0.4) is 0 Å². The van der Waals surface area contributed by atoms with Crippen LogP contribution in [0, 0.1) is 5.92 Å². The van der Waals surface area contributed by atoms with E-state index in [2.05, 4.69) is 35.4 Å². The molecule has 4 atom stereocenters. The third-order valence-electron chi connectivity index (χ3n) is 6.43. The van der Waals surface area contributed by atoms with Crippen LogP contribution in [0.25, 0.3) is 0 Å². The lowest BCUT2D eigenvalue weighted by molar-refractivity contribution is 0.0426. The first kappa shape index (κ1) is 19.9. The third kappa shape index (κ3) is 5.82. The molecule has 4 heteroatoms. The summed E-state index contributed by atoms with van der Waals surface area (Å²) in [4.78, 5) is 9.64. The van der Waals surface area contributed by atoms with Crippen LogP contribution in [0.15, 0.2) is 4.99 Å². The molecule has 0 amide bonds. The van der Waals surface area contributed by atoms with Crippen molar-refractivity contribution in [2.45, 2.75) is 83.4 Å². The van der Waals surface area contributed by atoms with E-state index in [1.807, 2.05) is 6.92 Å². The van der Waals surface area contributed by atoms with Gasteiger partial charge in [0.1, 0.15) is 0 Å². The molecule has 1 N–H and O–H groups in total. The van der Waals surface area contributed by atoms with Gasteiger partial charge in [0.15, 0.2) is 0 Å². The first-order valence-electron chi connectivity index (χ1n) is 10.1. The summed E-state index contributed by atoms with van der Waals surface area (Å²) in [5.41, 5.74) is -0.490. The standard InChI is InChI=1S/C20H39N3O/c1-5-22-12-6-8-18(9-14-22)16-19(21-4)17(2)23-13-7-10-20(3,24)11-15-23/h17-19,24H,4-16H2,1-3H3. The van der Waals surface area contributed by atoms with Crippen LogP contribution in [-0.4, -0.2) is 72.0 Å². The smallest absolute Gasteiger partial charge is 0.0647 e. The predicted molar refractivity (Wildman–Crippen MR) is 103 cm³/mol. The zero-order chi connectivity index (χ0) is 17.6. The number of likely N-dealkylation sites (tertiary alicyclic amines) is 2. The molecule has 0 aromatic carbocycles. The first-order chi connectivity index (χ1) is 11.4. The molecule has 0 aromatic rings. The van der Waals surface area contributed by atoms with E-state index in [4.69, 9.17) is 0 Å². The fourth-order valence-corrected chi connectivity index (χ4v) is 4.48. The second-order valence-corrected chi connectivity index (χ2v) is 8.34. The summed E-state index contributed by atoms with van der Waals surface area (Å²) in [6, 6.07) is 0.758. The Balaban J connectivity index is 1.89. The van der Waals surface area contributed by atoms with E-state index in [1.54, 1.807) is 0 Å². The average Bonchev–Trinajstić information content (AvgIpc) is 2.89. The molecule has 2 rings (SSSR count). The molecule has 0 saturated carbocycles. The highest BCUT2D eigenvalue weighted by Crippen LogP contribution is 2.28. The zero-order valence-corrected chi connectivity index (χ0v) is 16.2. The van der Waals surface area contributed by atoms with E-state index in [9.17, 15) is 5.11 Å². The minimum absolute atomic E-state index is 0.325. The molecule has 0 radical (unpaired) electrons. The summed E-state index contributed by atoms with van der Waals surface area (Å²) >= 11 is 0. The number of aliphatic imine (C=N–C) groups is 1. The van der Waals surface area contributed by atoms with E-state index in [0.717, 1.165) is 38.3 Å². The fourth-order valence-electron chi connectivity index (χ4n) is 4.48. The molecule has 4 unspecified atom stereocenters. The van der Waals surface area contributed by atoms with Crippen molar-refractivity contribution in [1.82, 2.24) is 9.80 Å². The number of nitrogens with zero attached hydrogens (tertiary/aromatic N) is 3. The third-order valence-corrected chi connectivity index (χ3v) is 6.43. The van der Waals surface area contributed by atoms with Gasteiger partial charge in [-0.3, -0.25) is 9.89 Å². The topological polar surface area (TPSA) is 39.1 Å². The van der Waals surface area contributed by atoms with Gasteiger partial charge in [0.05, 0.1) is 11.6 Å². The van der Waals surface area contributed by atoms with Gasteiger partial charge < -0.3 is 10.0 Å². The van der Waals surface area contributed by atoms with Crippen molar-refractivity contribution in [1.29, 1.82) is 0 Å². The Kier molecular flexibility index (Phi) is 7.70. The molecule has 0 spiro atoms. The van der Waals surface area contributed by atoms with Gasteiger partial charge in [0.2, 0.25) is 0 Å². The average molecular weight is 338 g/mol. The Bertz CT molecular complexity index is 385. The maximum Gasteiger partial charge on any atom is 0.0647 e. The van der Waals surface area contributed by atoms with Crippen LogP contribution in [0.1, 0.15) is 65.7 Å². The molecule has 0 bridgehead atoms. The second-order valence-electron chi connectivity index (χ2n) is 8.34. The van der Waals surface area contributed by atoms with Crippen LogP contribution in [0.5, 0.6) is 0 Å². The lowest BCUT2D eigenvalue weighted by atomic mass is 9.90. The van der Waals surface area contributed by atoms with Gasteiger partial charge in [-0.25, -0.2) is 0 Å². The van der Waals surface area contributed by atoms with Crippen molar-refractivity contribution < 1.29 is 5.11 Å². The highest BCUT2D eigenvalue weighted by Gasteiger charge is 2.31. The Labute approximate surface area is 149 Å². The monoisotopic (exact) mass is 337 g/mol. The SMILES string of the molecule is C=NC(CC1CCCN(CC)CC1)C(C)N1CCCC(C)(O)CC1. The van der Waals surface area contributed by atoms with Crippen molar-refractivity contribution in [2.24, 2.45) is 10.9 Å². The Hall–Kier alpha value is -0.450. The lowest BCUT2D eigenvalue weighted by Crippen LogP contribution is -2.42. The van der Waals surface area contributed by atoms with Crippen LogP contribution >= 0.6 is 0 Å². The van der Waals surface area contributed by atoms with E-state index in [1.165, 1.54) is 45.3 Å². The minimum Gasteiger partial charge on any atom is -0.390 e. The predicted octanol–water partition coefficient (Wildman–Crippen LogP) is 3.19. The van der Waals surface area contributed by atoms with Crippen LogP contribution < -0.4 is 0 Å². The lowest BCUT2D eigenvalue weighted by Gasteiger charge is -2.34. The summed E-state index contributed by atoms with van der Waals surface area (Å²) in [7, 11) is 0. The number of hydrogen-bond acceptors (Lipinski definition) is 4. The Morgan fingerprint density at radius 3 is 2.67 bits per heavy atom. The van der Waals surface area contributed by atoms with Crippen LogP contribution in [-0.2, 0) is 0 Å². The van der Waals surface area contributed by atoms with Gasteiger partial charge in [-0.1, -0.05) is 6.92 Å². The van der Waals surface area contributed by atoms with Crippen LogP contribution in [0.4, 0.5) is 0 Å². The summed E-state index contributed by atoms with van der Waals surface area (Å²) in [6.07, 6.45) is 8.01. The highest BCUT2D eigenvalue weighted by atomic mass is 16.3. The van der Waals surface area contributed by atoms with Crippen molar-refractivity contribution in [3.63, 3.8) is 0 Å². The maximum atomic E-state index is 10.3. The Morgan fingerprint density at radius 1 is 1.17 bits per heavy atom. The summed E-state index contributed by atoms with van der Waals surface area (Å²) in [6.45, 7) is 16.2. The van der Waals surface area contributed by atoms with Gasteiger partial charge in [0.25, 0.3) is 0 Å². The summed E-state index contributed by atoms with van der Waals surface area (Å²) in [5, 5.41) is 10.3. The van der Waals surface area contributed by atoms with E-state index >= 15 is 0 Å². The number of aliphatic hydroxyl groups is 1. The summed E-state index contributed by atoms with van der Waals surface area (Å²) < 4.78 is 0. The van der Waals surface area contributed by atoms with Crippen molar-refractivity contribution >= 4 is 6.72 Å². The number of hydrogen-bond donors (Lipinski definition) is 1. The molecular weight excluding hydrogens is 298 g/mol. The second kappa shape index (κ2) is 9.30. The van der Waals surface area contributed by atoms with Gasteiger partial charge in [-0.15, -0.1) is 0 Å². The molecule has 2 aliphatic heterocycles. The highest BCUT2D eigenvalue weighted by molar-refractivity contribution is 5.24. The molecule has 2 fully saturated rings. The number of rotatable bonds is 6. The van der Waals surface area contributed by atoms with Crippen molar-refractivity contribution in [3.8, 4) is 0 Å². The molecule has 2 heterocycles. The molecule has 2 saturated heterocycles. The molecule has 2 aliphatic rings. The van der Waals surface area contributed by atoms with E-state index in [-0.39, 0.29) is 0 Å². The van der Waals surface area contributed by atoms with E-state index < -0.39 is 5.60 Å². The van der Waals surface area contributed by atoms with Crippen molar-refractivity contribution in [3.05, 3.63) is 0 Å². The molecule has 0 aromatic heterocycles. The maximum absolute atomic E-state index is 10.3. The fraction of sp³-hybridized carbons (Fsp3) is 0.950. The zero-order valence-electron chi connectivity index (χ0n) is 16.2. The first-order valence-corrected chi connectivity index (χ1v) is 10.1. The molecule has 0 aliphatic carbocycles. The largest absolute Gasteiger partial charge is 0.390 e. The normalized spacial score (nSPS) is 33.4. The van der Waals surface area contributed by atoms with Crippen molar-refractivity contribution in [2.75, 3.05) is 32.7 Å². The van der Waals surface area contributed by atoms with Gasteiger partial charge in [-0.2, -0.15) is 0 Å². The van der Waals surface area contributed by atoms with E-state index in [0.29, 0.717) is 12.1 Å².